The number of nitrogens with one attached hydrogen (secondary N) is 1. The number of carbonyl (C=O) groups is 1. The molecule has 0 bridgehead atoms. The molecule has 0 atom stereocenters. The minimum Gasteiger partial charge on any atom is -0.397 e. The Morgan fingerprint density at radius 3 is 2.56 bits per heavy atom. The van der Waals surface area contributed by atoms with Crippen molar-refractivity contribution < 1.29 is 4.79 Å². The van der Waals surface area contributed by atoms with Gasteiger partial charge in [0.1, 0.15) is 10.3 Å². The quantitative estimate of drug-likeness (QED) is 0.830. The predicted octanol–water partition coefficient (Wildman–Crippen LogP) is 2.62. The maximum absolute atomic E-state index is 11.9. The van der Waals surface area contributed by atoms with Gasteiger partial charge in [0.15, 0.2) is 0 Å². The van der Waals surface area contributed by atoms with Gasteiger partial charge in [-0.1, -0.05) is 23.2 Å². The lowest BCUT2D eigenvalue weighted by atomic mass is 10.2. The topological polar surface area (TPSA) is 80.9 Å². The van der Waals surface area contributed by atoms with Crippen molar-refractivity contribution in [2.45, 2.75) is 0 Å². The van der Waals surface area contributed by atoms with Crippen LogP contribution in [0.25, 0.3) is 0 Å². The van der Waals surface area contributed by atoms with Crippen LogP contribution in [0.2, 0.25) is 10.3 Å². The van der Waals surface area contributed by atoms with Crippen LogP contribution in [0.15, 0.2) is 30.6 Å². The summed E-state index contributed by atoms with van der Waals surface area (Å²) in [6.45, 7) is 0. The van der Waals surface area contributed by atoms with Gasteiger partial charge in [0, 0.05) is 0 Å². The number of nitrogen functional groups attached to an aromatic ring is 1. The molecule has 0 saturated carbocycles. The molecule has 0 aromatic carbocycles. The van der Waals surface area contributed by atoms with E-state index in [2.05, 4.69) is 15.3 Å². The number of hydrogen-bond acceptors (Lipinski definition) is 4. The van der Waals surface area contributed by atoms with Crippen molar-refractivity contribution in [1.82, 2.24) is 9.97 Å². The van der Waals surface area contributed by atoms with Gasteiger partial charge in [-0.2, -0.15) is 0 Å². The molecule has 0 fully saturated rings. The molecular formula is C11H8Cl2N4O. The highest BCUT2D eigenvalue weighted by molar-refractivity contribution is 6.30. The summed E-state index contributed by atoms with van der Waals surface area (Å²) in [7, 11) is 0. The number of anilines is 2. The summed E-state index contributed by atoms with van der Waals surface area (Å²) < 4.78 is 0. The van der Waals surface area contributed by atoms with Crippen molar-refractivity contribution in [3.05, 3.63) is 46.5 Å². The minimum absolute atomic E-state index is 0.198. The van der Waals surface area contributed by atoms with Crippen LogP contribution in [0.4, 0.5) is 11.4 Å². The third kappa shape index (κ3) is 2.88. The SMILES string of the molecule is Nc1cnc(Cl)cc1C(=O)Nc1ccc(Cl)nc1. The number of hydrogen-bond donors (Lipinski definition) is 2. The maximum atomic E-state index is 11.9. The Bertz CT molecular complexity index is 586. The van der Waals surface area contributed by atoms with Gasteiger partial charge in [0.05, 0.1) is 29.3 Å². The fraction of sp³-hybridized carbons (Fsp3) is 0. The lowest BCUT2D eigenvalue weighted by Gasteiger charge is -2.07. The molecule has 7 heteroatoms. The summed E-state index contributed by atoms with van der Waals surface area (Å²) in [5, 5.41) is 3.17. The molecule has 0 radical (unpaired) electrons. The molecule has 18 heavy (non-hydrogen) atoms. The molecule has 0 saturated heterocycles. The molecule has 2 aromatic rings. The summed E-state index contributed by atoms with van der Waals surface area (Å²) in [6, 6.07) is 4.60. The largest absolute Gasteiger partial charge is 0.397 e. The number of amides is 1. The standard InChI is InChI=1S/C11H8Cl2N4O/c12-9-2-1-6(4-15-9)17-11(18)7-3-10(13)16-5-8(7)14/h1-5H,14H2,(H,17,18). The number of pyridine rings is 2. The molecule has 2 heterocycles. The zero-order valence-electron chi connectivity index (χ0n) is 9.02. The normalized spacial score (nSPS) is 10.1. The number of nitrogens with two attached hydrogens (primary N) is 1. The predicted molar refractivity (Wildman–Crippen MR) is 70.9 cm³/mol. The van der Waals surface area contributed by atoms with Crippen LogP contribution in [0, 0.1) is 0 Å². The van der Waals surface area contributed by atoms with E-state index in [0.717, 1.165) is 0 Å². The number of rotatable bonds is 2. The lowest BCUT2D eigenvalue weighted by Crippen LogP contribution is -2.14. The molecule has 0 unspecified atom stereocenters. The van der Waals surface area contributed by atoms with E-state index in [1.807, 2.05) is 0 Å². The number of nitrogens with zero attached hydrogens (tertiary/aromatic N) is 2. The molecule has 92 valence electrons. The minimum atomic E-state index is -0.388. The first-order chi connectivity index (χ1) is 8.56. The molecule has 0 aliphatic heterocycles. The van der Waals surface area contributed by atoms with E-state index in [1.54, 1.807) is 12.1 Å². The Hall–Kier alpha value is -1.85. The van der Waals surface area contributed by atoms with Crippen LogP contribution in [0.3, 0.4) is 0 Å². The van der Waals surface area contributed by atoms with Gasteiger partial charge < -0.3 is 11.1 Å². The smallest absolute Gasteiger partial charge is 0.257 e. The van der Waals surface area contributed by atoms with Crippen molar-refractivity contribution in [2.75, 3.05) is 11.1 Å². The van der Waals surface area contributed by atoms with Crippen molar-refractivity contribution >= 4 is 40.5 Å². The monoisotopic (exact) mass is 282 g/mol. The van der Waals surface area contributed by atoms with Crippen LogP contribution in [-0.2, 0) is 0 Å². The van der Waals surface area contributed by atoms with Gasteiger partial charge in [0.25, 0.3) is 5.91 Å². The Labute approximate surface area is 113 Å². The summed E-state index contributed by atoms with van der Waals surface area (Å²) in [5.41, 5.74) is 6.66. The van der Waals surface area contributed by atoms with Crippen LogP contribution < -0.4 is 11.1 Å². The van der Waals surface area contributed by atoms with E-state index < -0.39 is 0 Å². The average Bonchev–Trinajstić information content (AvgIpc) is 2.35. The van der Waals surface area contributed by atoms with E-state index in [1.165, 1.54) is 18.5 Å². The molecule has 2 rings (SSSR count). The van der Waals surface area contributed by atoms with Crippen molar-refractivity contribution in [3.63, 3.8) is 0 Å². The zero-order valence-corrected chi connectivity index (χ0v) is 10.5. The fourth-order valence-corrected chi connectivity index (χ4v) is 1.55. The Morgan fingerprint density at radius 2 is 1.89 bits per heavy atom. The number of halogens is 2. The Balaban J connectivity index is 2.21. The molecule has 5 nitrogen and oxygen atoms in total. The van der Waals surface area contributed by atoms with E-state index in [4.69, 9.17) is 28.9 Å². The highest BCUT2D eigenvalue weighted by Gasteiger charge is 2.11. The van der Waals surface area contributed by atoms with Gasteiger partial charge in [-0.3, -0.25) is 4.79 Å². The van der Waals surface area contributed by atoms with Gasteiger partial charge in [-0.25, -0.2) is 9.97 Å². The van der Waals surface area contributed by atoms with Crippen LogP contribution in [-0.4, -0.2) is 15.9 Å². The van der Waals surface area contributed by atoms with E-state index in [0.29, 0.717) is 10.8 Å². The summed E-state index contributed by atoms with van der Waals surface area (Å²) in [5.74, 6) is -0.388. The molecule has 2 aromatic heterocycles. The Kier molecular flexibility index (Phi) is 3.64. The van der Waals surface area contributed by atoms with E-state index >= 15 is 0 Å². The first-order valence-corrected chi connectivity index (χ1v) is 5.66. The summed E-state index contributed by atoms with van der Waals surface area (Å²) >= 11 is 11.3. The van der Waals surface area contributed by atoms with E-state index in [9.17, 15) is 4.79 Å². The maximum Gasteiger partial charge on any atom is 0.257 e. The average molecular weight is 283 g/mol. The van der Waals surface area contributed by atoms with E-state index in [-0.39, 0.29) is 22.3 Å². The second-order valence-corrected chi connectivity index (χ2v) is 4.19. The fourth-order valence-electron chi connectivity index (χ4n) is 1.29. The van der Waals surface area contributed by atoms with Crippen LogP contribution in [0.5, 0.6) is 0 Å². The van der Waals surface area contributed by atoms with Crippen molar-refractivity contribution in [2.24, 2.45) is 0 Å². The first kappa shape index (κ1) is 12.6. The van der Waals surface area contributed by atoms with Crippen LogP contribution in [0.1, 0.15) is 10.4 Å². The molecule has 0 aliphatic carbocycles. The van der Waals surface area contributed by atoms with Crippen molar-refractivity contribution in [3.8, 4) is 0 Å². The molecular weight excluding hydrogens is 275 g/mol. The molecule has 3 N–H and O–H groups in total. The first-order valence-electron chi connectivity index (χ1n) is 4.90. The summed E-state index contributed by atoms with van der Waals surface area (Å²) in [4.78, 5) is 19.6. The van der Waals surface area contributed by atoms with Crippen LogP contribution >= 0.6 is 23.2 Å². The van der Waals surface area contributed by atoms with Crippen molar-refractivity contribution in [1.29, 1.82) is 0 Å². The zero-order chi connectivity index (χ0) is 13.1. The second-order valence-electron chi connectivity index (χ2n) is 3.42. The molecule has 1 amide bonds. The summed E-state index contributed by atoms with van der Waals surface area (Å²) in [6.07, 6.45) is 2.77. The highest BCUT2D eigenvalue weighted by Crippen LogP contribution is 2.17. The number of carbonyl (C=O) groups excluding carboxylic acids is 1. The second kappa shape index (κ2) is 5.20. The lowest BCUT2D eigenvalue weighted by molar-refractivity contribution is 0.102. The third-order valence-electron chi connectivity index (χ3n) is 2.13. The van der Waals surface area contributed by atoms with Gasteiger partial charge >= 0.3 is 0 Å². The van der Waals surface area contributed by atoms with Gasteiger partial charge in [-0.05, 0) is 18.2 Å². The van der Waals surface area contributed by atoms with Gasteiger partial charge in [-0.15, -0.1) is 0 Å². The molecule has 0 spiro atoms. The van der Waals surface area contributed by atoms with Gasteiger partial charge in [0.2, 0.25) is 0 Å². The third-order valence-corrected chi connectivity index (χ3v) is 2.56. The highest BCUT2D eigenvalue weighted by atomic mass is 35.5. The Morgan fingerprint density at radius 1 is 1.17 bits per heavy atom. The molecule has 0 aliphatic rings. The number of aromatic nitrogens is 2.